The van der Waals surface area contributed by atoms with Crippen LogP contribution in [0, 0.1) is 0 Å². The fourth-order valence-corrected chi connectivity index (χ4v) is 5.33. The summed E-state index contributed by atoms with van der Waals surface area (Å²) in [6, 6.07) is 0. The van der Waals surface area contributed by atoms with Gasteiger partial charge < -0.3 is 4.90 Å². The van der Waals surface area contributed by atoms with E-state index in [1.54, 1.807) is 22.2 Å². The Morgan fingerprint density at radius 2 is 2.12 bits per heavy atom. The average Bonchev–Trinajstić information content (AvgIpc) is 3.30. The lowest BCUT2D eigenvalue weighted by Gasteiger charge is -2.18. The van der Waals surface area contributed by atoms with Crippen LogP contribution in [0.1, 0.15) is 59.6 Å². The highest BCUT2D eigenvalue weighted by molar-refractivity contribution is 7.19. The molecule has 124 valence electrons. The Labute approximate surface area is 143 Å². The molecule has 0 bridgehead atoms. The van der Waals surface area contributed by atoms with Crippen molar-refractivity contribution in [3.8, 4) is 0 Å². The first-order valence-corrected chi connectivity index (χ1v) is 9.50. The van der Waals surface area contributed by atoms with Crippen LogP contribution >= 0.6 is 11.3 Å². The minimum absolute atomic E-state index is 0.0542. The Balaban J connectivity index is 1.70. The van der Waals surface area contributed by atoms with Gasteiger partial charge in [0, 0.05) is 18.0 Å². The smallest absolute Gasteiger partial charge is 0.293 e. The van der Waals surface area contributed by atoms with Gasteiger partial charge in [0.25, 0.3) is 5.91 Å². The van der Waals surface area contributed by atoms with Gasteiger partial charge in [-0.3, -0.25) is 4.79 Å². The third-order valence-corrected chi connectivity index (χ3v) is 6.43. The topological polar surface area (TPSA) is 63.4 Å². The second-order valence-corrected chi connectivity index (χ2v) is 7.94. The number of nitrogens with zero attached hydrogens (tertiary/aromatic N) is 5. The first kappa shape index (κ1) is 14.3. The number of rotatable bonds is 1. The minimum Gasteiger partial charge on any atom is -0.336 e. The lowest BCUT2D eigenvalue weighted by molar-refractivity contribution is 0.0781. The van der Waals surface area contributed by atoms with E-state index >= 15 is 0 Å². The summed E-state index contributed by atoms with van der Waals surface area (Å²) in [4.78, 5) is 26.1. The van der Waals surface area contributed by atoms with Crippen LogP contribution in [0.5, 0.6) is 0 Å². The van der Waals surface area contributed by atoms with Crippen molar-refractivity contribution >= 4 is 33.1 Å². The fourth-order valence-electron chi connectivity index (χ4n) is 4.04. The van der Waals surface area contributed by atoms with Crippen LogP contribution in [0.15, 0.2) is 6.33 Å². The molecule has 7 heteroatoms. The van der Waals surface area contributed by atoms with E-state index < -0.39 is 0 Å². The molecule has 6 nitrogen and oxygen atoms in total. The van der Waals surface area contributed by atoms with Crippen molar-refractivity contribution in [3.63, 3.8) is 0 Å². The van der Waals surface area contributed by atoms with Crippen molar-refractivity contribution in [2.75, 3.05) is 13.1 Å². The molecule has 1 atom stereocenters. The van der Waals surface area contributed by atoms with Crippen LogP contribution < -0.4 is 0 Å². The maximum Gasteiger partial charge on any atom is 0.293 e. The Morgan fingerprint density at radius 3 is 2.96 bits per heavy atom. The summed E-state index contributed by atoms with van der Waals surface area (Å²) in [5.41, 5.74) is 2.17. The van der Waals surface area contributed by atoms with E-state index in [1.165, 1.54) is 23.3 Å². The zero-order valence-electron chi connectivity index (χ0n) is 13.7. The molecule has 2 aliphatic rings. The van der Waals surface area contributed by atoms with Gasteiger partial charge in [0.05, 0.1) is 5.39 Å². The summed E-state index contributed by atoms with van der Waals surface area (Å²) in [6.45, 7) is 3.90. The highest BCUT2D eigenvalue weighted by Gasteiger charge is 2.27. The first-order valence-electron chi connectivity index (χ1n) is 8.68. The minimum atomic E-state index is -0.0542. The molecule has 1 aliphatic carbocycles. The van der Waals surface area contributed by atoms with Crippen molar-refractivity contribution in [2.24, 2.45) is 0 Å². The number of amides is 1. The monoisotopic (exact) mass is 341 g/mol. The first-order chi connectivity index (χ1) is 11.7. The summed E-state index contributed by atoms with van der Waals surface area (Å²) in [7, 11) is 0. The number of aryl methyl sites for hydroxylation is 1. The number of aromatic nitrogens is 4. The molecule has 1 fully saturated rings. The summed E-state index contributed by atoms with van der Waals surface area (Å²) >= 11 is 1.77. The zero-order valence-corrected chi connectivity index (χ0v) is 14.5. The average molecular weight is 341 g/mol. The molecule has 0 saturated carbocycles. The molecule has 0 radical (unpaired) electrons. The number of likely N-dealkylation sites (tertiary alicyclic amines) is 1. The van der Waals surface area contributed by atoms with Crippen molar-refractivity contribution in [3.05, 3.63) is 22.6 Å². The maximum atomic E-state index is 12.6. The summed E-state index contributed by atoms with van der Waals surface area (Å²) in [5, 5.41) is 5.53. The molecule has 1 amide bonds. The molecule has 1 saturated heterocycles. The van der Waals surface area contributed by atoms with Gasteiger partial charge in [-0.25, -0.2) is 14.5 Å². The van der Waals surface area contributed by atoms with E-state index in [2.05, 4.69) is 22.0 Å². The molecule has 4 heterocycles. The Bertz CT molecular complexity index is 953. The molecule has 1 aliphatic heterocycles. The Hall–Kier alpha value is -2.02. The van der Waals surface area contributed by atoms with E-state index in [4.69, 9.17) is 0 Å². The predicted octanol–water partition coefficient (Wildman–Crippen LogP) is 3.01. The quantitative estimate of drug-likeness (QED) is 0.682. The van der Waals surface area contributed by atoms with Crippen molar-refractivity contribution in [1.82, 2.24) is 24.5 Å². The summed E-state index contributed by atoms with van der Waals surface area (Å²) in [5.74, 6) is 0.765. The molecule has 24 heavy (non-hydrogen) atoms. The van der Waals surface area contributed by atoms with E-state index in [-0.39, 0.29) is 5.91 Å². The van der Waals surface area contributed by atoms with Gasteiger partial charge in [-0.2, -0.15) is 0 Å². The van der Waals surface area contributed by atoms with Gasteiger partial charge in [0.1, 0.15) is 11.2 Å². The Morgan fingerprint density at radius 1 is 1.29 bits per heavy atom. The van der Waals surface area contributed by atoms with E-state index in [0.717, 1.165) is 48.2 Å². The molecular formula is C17H19N5OS. The van der Waals surface area contributed by atoms with Crippen LogP contribution in [0.3, 0.4) is 0 Å². The Kier molecular flexibility index (Phi) is 3.13. The van der Waals surface area contributed by atoms with Crippen molar-refractivity contribution in [1.29, 1.82) is 0 Å². The van der Waals surface area contributed by atoms with Crippen LogP contribution in [0.2, 0.25) is 0 Å². The number of thiophene rings is 1. The third kappa shape index (κ3) is 2.00. The van der Waals surface area contributed by atoms with Gasteiger partial charge >= 0.3 is 0 Å². The third-order valence-electron chi connectivity index (χ3n) is 5.26. The highest BCUT2D eigenvalue weighted by Crippen LogP contribution is 2.42. The number of carbonyl (C=O) groups is 1. The van der Waals surface area contributed by atoms with Gasteiger partial charge in [-0.15, -0.1) is 16.4 Å². The van der Waals surface area contributed by atoms with Gasteiger partial charge in [-0.05, 0) is 43.6 Å². The second kappa shape index (κ2) is 5.24. The molecular weight excluding hydrogens is 322 g/mol. The number of hydrogen-bond acceptors (Lipinski definition) is 5. The van der Waals surface area contributed by atoms with E-state index in [1.807, 2.05) is 4.90 Å². The maximum absolute atomic E-state index is 12.6. The number of fused-ring (bicyclic) bond motifs is 5. The predicted molar refractivity (Wildman–Crippen MR) is 92.7 cm³/mol. The molecule has 0 N–H and O–H groups in total. The molecule has 3 aromatic rings. The number of carbonyl (C=O) groups excluding carboxylic acids is 1. The molecule has 0 aromatic carbocycles. The summed E-state index contributed by atoms with van der Waals surface area (Å²) < 4.78 is 1.68. The molecule has 1 unspecified atom stereocenters. The lowest BCUT2D eigenvalue weighted by Crippen LogP contribution is -2.28. The van der Waals surface area contributed by atoms with Gasteiger partial charge in [0.15, 0.2) is 5.65 Å². The van der Waals surface area contributed by atoms with E-state index in [9.17, 15) is 4.79 Å². The largest absolute Gasteiger partial charge is 0.336 e. The highest BCUT2D eigenvalue weighted by atomic mass is 32.1. The van der Waals surface area contributed by atoms with Crippen LogP contribution in [-0.2, 0) is 6.42 Å². The zero-order chi connectivity index (χ0) is 16.3. The van der Waals surface area contributed by atoms with Crippen molar-refractivity contribution in [2.45, 2.75) is 44.9 Å². The molecule has 5 rings (SSSR count). The SMILES string of the molecule is CC1CCCc2sc3ncn4nc(C(=O)N5CCCC5)nc4c3c21. The van der Waals surface area contributed by atoms with Gasteiger partial charge in [-0.1, -0.05) is 6.92 Å². The van der Waals surface area contributed by atoms with Gasteiger partial charge in [0.2, 0.25) is 5.82 Å². The van der Waals surface area contributed by atoms with E-state index in [0.29, 0.717) is 11.7 Å². The van der Waals surface area contributed by atoms with Crippen molar-refractivity contribution < 1.29 is 4.79 Å². The lowest BCUT2D eigenvalue weighted by atomic mass is 9.87. The standard InChI is InChI=1S/C17H19N5OS/c1-10-5-4-6-11-12(10)13-15-19-14(17(23)21-7-2-3-8-21)20-22(15)9-18-16(13)24-11/h9-10H,2-8H2,1H3. The molecule has 3 aromatic heterocycles. The van der Waals surface area contributed by atoms with Crippen LogP contribution in [0.25, 0.3) is 15.9 Å². The van der Waals surface area contributed by atoms with Crippen LogP contribution in [-0.4, -0.2) is 43.5 Å². The molecule has 0 spiro atoms. The number of hydrogen-bond donors (Lipinski definition) is 0. The fraction of sp³-hybridized carbons (Fsp3) is 0.529. The second-order valence-electron chi connectivity index (χ2n) is 6.86. The van der Waals surface area contributed by atoms with Crippen LogP contribution in [0.4, 0.5) is 0 Å². The normalized spacial score (nSPS) is 20.9. The summed E-state index contributed by atoms with van der Waals surface area (Å²) in [6.07, 6.45) is 7.40.